The van der Waals surface area contributed by atoms with Crippen LogP contribution in [-0.2, 0) is 4.79 Å². The van der Waals surface area contributed by atoms with Crippen molar-refractivity contribution in [1.29, 1.82) is 0 Å². The van der Waals surface area contributed by atoms with Crippen LogP contribution in [-0.4, -0.2) is 16.9 Å². The molecule has 0 saturated heterocycles. The van der Waals surface area contributed by atoms with Crippen molar-refractivity contribution in [2.24, 2.45) is 11.7 Å². The molecule has 1 aliphatic carbocycles. The van der Waals surface area contributed by atoms with Crippen LogP contribution in [0.1, 0.15) is 25.7 Å². The predicted octanol–water partition coefficient (Wildman–Crippen LogP) is 2.81. The lowest BCUT2D eigenvalue weighted by Gasteiger charge is -2.25. The number of hydrogen-bond donors (Lipinski definition) is 2. The molecule has 0 spiro atoms. The average molecular weight is 342 g/mol. The van der Waals surface area contributed by atoms with Crippen LogP contribution < -0.4 is 11.1 Å². The molecule has 1 saturated carbocycles. The van der Waals surface area contributed by atoms with Crippen LogP contribution in [0.3, 0.4) is 0 Å². The number of anilines is 1. The highest BCUT2D eigenvalue weighted by Crippen LogP contribution is 2.29. The summed E-state index contributed by atoms with van der Waals surface area (Å²) < 4.78 is 0.353. The van der Waals surface area contributed by atoms with Crippen molar-refractivity contribution in [3.05, 3.63) is 32.8 Å². The molecule has 0 radical (unpaired) electrons. The van der Waals surface area contributed by atoms with Gasteiger partial charge in [-0.3, -0.25) is 14.9 Å². The molecule has 7 heteroatoms. The van der Waals surface area contributed by atoms with E-state index in [0.717, 1.165) is 25.7 Å². The largest absolute Gasteiger partial charge is 0.328 e. The Morgan fingerprint density at radius 1 is 1.35 bits per heavy atom. The highest BCUT2D eigenvalue weighted by molar-refractivity contribution is 9.10. The highest BCUT2D eigenvalue weighted by Gasteiger charge is 2.24. The fourth-order valence-corrected chi connectivity index (χ4v) is 2.88. The van der Waals surface area contributed by atoms with Gasteiger partial charge in [0.15, 0.2) is 0 Å². The molecule has 0 bridgehead atoms. The first kappa shape index (κ1) is 14.9. The number of carbonyl (C=O) groups excluding carboxylic acids is 1. The van der Waals surface area contributed by atoms with E-state index in [9.17, 15) is 14.9 Å². The summed E-state index contributed by atoms with van der Waals surface area (Å²) in [5.41, 5.74) is 6.35. The van der Waals surface area contributed by atoms with E-state index < -0.39 is 4.92 Å². The van der Waals surface area contributed by atoms with Gasteiger partial charge in [0.05, 0.1) is 9.40 Å². The minimum absolute atomic E-state index is 0.0216. The summed E-state index contributed by atoms with van der Waals surface area (Å²) in [5, 5.41) is 13.5. The molecule has 108 valence electrons. The number of amides is 1. The molecule has 0 atom stereocenters. The van der Waals surface area contributed by atoms with Crippen LogP contribution in [0.5, 0.6) is 0 Å². The molecule has 1 fully saturated rings. The molecule has 6 nitrogen and oxygen atoms in total. The first-order valence-corrected chi connectivity index (χ1v) is 7.27. The zero-order valence-corrected chi connectivity index (χ0v) is 12.4. The summed E-state index contributed by atoms with van der Waals surface area (Å²) >= 11 is 3.13. The molecule has 20 heavy (non-hydrogen) atoms. The number of nitrogens with zero attached hydrogens (tertiary/aromatic N) is 1. The fraction of sp³-hybridized carbons (Fsp3) is 0.462. The third kappa shape index (κ3) is 3.55. The van der Waals surface area contributed by atoms with Gasteiger partial charge in [0.25, 0.3) is 5.69 Å². The van der Waals surface area contributed by atoms with E-state index in [1.54, 1.807) is 6.07 Å². The monoisotopic (exact) mass is 341 g/mol. The molecule has 1 amide bonds. The normalized spacial score (nSPS) is 22.3. The van der Waals surface area contributed by atoms with Gasteiger partial charge in [-0.15, -0.1) is 0 Å². The Morgan fingerprint density at radius 2 is 2.00 bits per heavy atom. The van der Waals surface area contributed by atoms with E-state index >= 15 is 0 Å². The molecule has 2 rings (SSSR count). The number of benzene rings is 1. The molecular weight excluding hydrogens is 326 g/mol. The van der Waals surface area contributed by atoms with Crippen molar-refractivity contribution < 1.29 is 9.72 Å². The van der Waals surface area contributed by atoms with Crippen LogP contribution in [0.2, 0.25) is 0 Å². The SMILES string of the molecule is NC1CCC(C(=O)Nc2ccc([N+](=O)[O-])c(Br)c2)CC1. The van der Waals surface area contributed by atoms with Crippen LogP contribution in [0.15, 0.2) is 22.7 Å². The van der Waals surface area contributed by atoms with E-state index in [0.29, 0.717) is 10.2 Å². The smallest absolute Gasteiger partial charge is 0.283 e. The number of nitro benzene ring substituents is 1. The van der Waals surface area contributed by atoms with Crippen molar-refractivity contribution >= 4 is 33.2 Å². The Labute approximate surface area is 125 Å². The topological polar surface area (TPSA) is 98.3 Å². The number of nitrogens with two attached hydrogens (primary N) is 1. The fourth-order valence-electron chi connectivity index (χ4n) is 2.36. The quantitative estimate of drug-likeness (QED) is 0.652. The summed E-state index contributed by atoms with van der Waals surface area (Å²) in [4.78, 5) is 22.3. The second kappa shape index (κ2) is 6.32. The maximum absolute atomic E-state index is 12.1. The number of nitro groups is 1. The van der Waals surface area contributed by atoms with Crippen LogP contribution in [0, 0.1) is 16.0 Å². The van der Waals surface area contributed by atoms with Gasteiger partial charge in [-0.05, 0) is 53.7 Å². The Morgan fingerprint density at radius 3 is 2.55 bits per heavy atom. The zero-order chi connectivity index (χ0) is 14.7. The van der Waals surface area contributed by atoms with Gasteiger partial charge in [0, 0.05) is 23.7 Å². The van der Waals surface area contributed by atoms with Crippen molar-refractivity contribution in [3.8, 4) is 0 Å². The van der Waals surface area contributed by atoms with E-state index in [-0.39, 0.29) is 23.6 Å². The van der Waals surface area contributed by atoms with Gasteiger partial charge >= 0.3 is 0 Å². The van der Waals surface area contributed by atoms with Crippen LogP contribution in [0.25, 0.3) is 0 Å². The molecule has 1 aromatic rings. The summed E-state index contributed by atoms with van der Waals surface area (Å²) in [6.07, 6.45) is 3.31. The lowest BCUT2D eigenvalue weighted by Crippen LogP contribution is -2.32. The Balaban J connectivity index is 2.01. The van der Waals surface area contributed by atoms with Gasteiger partial charge < -0.3 is 11.1 Å². The van der Waals surface area contributed by atoms with Gasteiger partial charge in [-0.2, -0.15) is 0 Å². The Kier molecular flexibility index (Phi) is 4.72. The minimum atomic E-state index is -0.474. The van der Waals surface area contributed by atoms with Crippen molar-refractivity contribution in [3.63, 3.8) is 0 Å². The molecule has 0 aromatic heterocycles. The van der Waals surface area contributed by atoms with E-state index in [1.165, 1.54) is 12.1 Å². The first-order chi connectivity index (χ1) is 9.47. The van der Waals surface area contributed by atoms with Crippen LogP contribution >= 0.6 is 15.9 Å². The van der Waals surface area contributed by atoms with Crippen LogP contribution in [0.4, 0.5) is 11.4 Å². The lowest BCUT2D eigenvalue weighted by molar-refractivity contribution is -0.385. The number of hydrogen-bond acceptors (Lipinski definition) is 4. The van der Waals surface area contributed by atoms with Crippen molar-refractivity contribution in [1.82, 2.24) is 0 Å². The van der Waals surface area contributed by atoms with Crippen molar-refractivity contribution in [2.75, 3.05) is 5.32 Å². The molecule has 1 aromatic carbocycles. The second-order valence-corrected chi connectivity index (χ2v) is 5.88. The van der Waals surface area contributed by atoms with Gasteiger partial charge in [-0.25, -0.2) is 0 Å². The maximum atomic E-state index is 12.1. The number of carbonyl (C=O) groups is 1. The molecule has 0 heterocycles. The Bertz CT molecular complexity index is 528. The highest BCUT2D eigenvalue weighted by atomic mass is 79.9. The molecule has 0 unspecified atom stereocenters. The first-order valence-electron chi connectivity index (χ1n) is 6.47. The number of rotatable bonds is 3. The third-order valence-corrected chi connectivity index (χ3v) is 4.19. The molecule has 3 N–H and O–H groups in total. The molecule has 0 aliphatic heterocycles. The average Bonchev–Trinajstić information content (AvgIpc) is 2.39. The Hall–Kier alpha value is -1.47. The van der Waals surface area contributed by atoms with E-state index in [2.05, 4.69) is 21.2 Å². The second-order valence-electron chi connectivity index (χ2n) is 5.02. The molecule has 1 aliphatic rings. The summed E-state index contributed by atoms with van der Waals surface area (Å²) in [6, 6.07) is 4.66. The summed E-state index contributed by atoms with van der Waals surface area (Å²) in [7, 11) is 0. The lowest BCUT2D eigenvalue weighted by atomic mass is 9.86. The zero-order valence-electron chi connectivity index (χ0n) is 10.8. The maximum Gasteiger partial charge on any atom is 0.283 e. The third-order valence-electron chi connectivity index (χ3n) is 3.55. The van der Waals surface area contributed by atoms with Crippen molar-refractivity contribution in [2.45, 2.75) is 31.7 Å². The predicted molar refractivity (Wildman–Crippen MR) is 79.4 cm³/mol. The minimum Gasteiger partial charge on any atom is -0.328 e. The van der Waals surface area contributed by atoms with Gasteiger partial charge in [0.2, 0.25) is 5.91 Å². The van der Waals surface area contributed by atoms with E-state index in [1.807, 2.05) is 0 Å². The van der Waals surface area contributed by atoms with E-state index in [4.69, 9.17) is 5.73 Å². The van der Waals surface area contributed by atoms with Gasteiger partial charge in [-0.1, -0.05) is 0 Å². The summed E-state index contributed by atoms with van der Waals surface area (Å²) in [6.45, 7) is 0. The summed E-state index contributed by atoms with van der Waals surface area (Å²) in [5.74, 6) is -0.0681. The standard InChI is InChI=1S/C13H16BrN3O3/c14-11-7-10(5-6-12(11)17(19)20)16-13(18)8-1-3-9(15)4-2-8/h5-9H,1-4,15H2,(H,16,18). The number of halogens is 1. The number of nitrogens with one attached hydrogen (secondary N) is 1. The van der Waals surface area contributed by atoms with Gasteiger partial charge in [0.1, 0.15) is 0 Å². The molecular formula is C13H16BrN3O3.